The van der Waals surface area contributed by atoms with Gasteiger partial charge in [-0.1, -0.05) is 47.5 Å². The van der Waals surface area contributed by atoms with Gasteiger partial charge in [-0.2, -0.15) is 0 Å². The zero-order chi connectivity index (χ0) is 14.0. The van der Waals surface area contributed by atoms with Gasteiger partial charge in [-0.25, -0.2) is 0 Å². The van der Waals surface area contributed by atoms with Crippen molar-refractivity contribution in [3.8, 4) is 0 Å². The Kier molecular flexibility index (Phi) is 4.51. The van der Waals surface area contributed by atoms with Crippen LogP contribution in [0.2, 0.25) is 10.0 Å². The van der Waals surface area contributed by atoms with Gasteiger partial charge in [-0.05, 0) is 55.3 Å². The highest BCUT2D eigenvalue weighted by molar-refractivity contribution is 6.35. The summed E-state index contributed by atoms with van der Waals surface area (Å²) < 4.78 is 0. The molecule has 0 aromatic heterocycles. The topological polar surface area (TPSA) is 12.0 Å². The molecule has 0 saturated carbocycles. The quantitative estimate of drug-likeness (QED) is 0.847. The lowest BCUT2D eigenvalue weighted by Gasteiger charge is -2.21. The molecule has 1 atom stereocenters. The van der Waals surface area contributed by atoms with E-state index in [1.54, 1.807) is 6.07 Å². The molecule has 1 unspecified atom stereocenters. The van der Waals surface area contributed by atoms with Crippen LogP contribution in [0, 0.1) is 13.8 Å². The monoisotopic (exact) mass is 293 g/mol. The molecule has 0 aliphatic rings. The number of hydrogen-bond acceptors (Lipinski definition) is 1. The maximum Gasteiger partial charge on any atom is 0.0591 e. The van der Waals surface area contributed by atoms with Gasteiger partial charge < -0.3 is 5.32 Å². The minimum Gasteiger partial charge on any atom is -0.309 e. The van der Waals surface area contributed by atoms with Crippen molar-refractivity contribution < 1.29 is 0 Å². The van der Waals surface area contributed by atoms with Crippen LogP contribution in [0.5, 0.6) is 0 Å². The molecule has 100 valence electrons. The second kappa shape index (κ2) is 5.96. The predicted molar refractivity (Wildman–Crippen MR) is 83.3 cm³/mol. The average Bonchev–Trinajstić information content (AvgIpc) is 2.37. The number of hydrogen-bond donors (Lipinski definition) is 1. The van der Waals surface area contributed by atoms with Crippen LogP contribution in [0.1, 0.15) is 28.3 Å². The van der Waals surface area contributed by atoms with E-state index in [1.807, 2.05) is 19.2 Å². The van der Waals surface area contributed by atoms with Crippen LogP contribution >= 0.6 is 23.2 Å². The molecule has 2 aromatic rings. The van der Waals surface area contributed by atoms with E-state index in [9.17, 15) is 0 Å². The number of rotatable bonds is 3. The average molecular weight is 294 g/mol. The molecule has 3 heteroatoms. The molecule has 0 fully saturated rings. The van der Waals surface area contributed by atoms with Crippen molar-refractivity contribution in [3.05, 3.63) is 68.7 Å². The summed E-state index contributed by atoms with van der Waals surface area (Å²) in [6.07, 6.45) is 0. The Labute approximate surface area is 124 Å². The lowest BCUT2D eigenvalue weighted by atomic mass is 9.93. The van der Waals surface area contributed by atoms with E-state index >= 15 is 0 Å². The summed E-state index contributed by atoms with van der Waals surface area (Å²) in [5.41, 5.74) is 4.85. The first kappa shape index (κ1) is 14.4. The third-order valence-electron chi connectivity index (χ3n) is 3.52. The van der Waals surface area contributed by atoms with E-state index < -0.39 is 0 Å². The summed E-state index contributed by atoms with van der Waals surface area (Å²) >= 11 is 12.3. The Morgan fingerprint density at radius 3 is 2.37 bits per heavy atom. The molecule has 0 aliphatic carbocycles. The van der Waals surface area contributed by atoms with Crippen molar-refractivity contribution in [3.63, 3.8) is 0 Å². The van der Waals surface area contributed by atoms with Gasteiger partial charge in [0.25, 0.3) is 0 Å². The third-order valence-corrected chi connectivity index (χ3v) is 4.08. The summed E-state index contributed by atoms with van der Waals surface area (Å²) in [4.78, 5) is 0. The highest BCUT2D eigenvalue weighted by atomic mass is 35.5. The van der Waals surface area contributed by atoms with Crippen LogP contribution in [0.3, 0.4) is 0 Å². The van der Waals surface area contributed by atoms with Crippen molar-refractivity contribution in [2.75, 3.05) is 7.05 Å². The third kappa shape index (κ3) is 2.94. The zero-order valence-electron chi connectivity index (χ0n) is 11.3. The molecule has 2 aromatic carbocycles. The largest absolute Gasteiger partial charge is 0.309 e. The smallest absolute Gasteiger partial charge is 0.0591 e. The second-order valence-electron chi connectivity index (χ2n) is 4.68. The Hall–Kier alpha value is -1.02. The standard InChI is InChI=1S/C16H17Cl2N/c1-10-5-4-6-13(11(10)2)16(19-3)14-8-7-12(17)9-15(14)18/h4-9,16,19H,1-3H3. The summed E-state index contributed by atoms with van der Waals surface area (Å²) in [6, 6.07) is 12.0. The number of nitrogens with one attached hydrogen (secondary N) is 1. The van der Waals surface area contributed by atoms with E-state index in [0.29, 0.717) is 10.0 Å². The lowest BCUT2D eigenvalue weighted by Crippen LogP contribution is -2.19. The van der Waals surface area contributed by atoms with Crippen molar-refractivity contribution in [2.24, 2.45) is 0 Å². The molecular weight excluding hydrogens is 277 g/mol. The zero-order valence-corrected chi connectivity index (χ0v) is 12.8. The molecule has 0 heterocycles. The van der Waals surface area contributed by atoms with Gasteiger partial charge in [-0.3, -0.25) is 0 Å². The van der Waals surface area contributed by atoms with Crippen molar-refractivity contribution in [1.82, 2.24) is 5.32 Å². The first-order chi connectivity index (χ1) is 9.04. The van der Waals surface area contributed by atoms with E-state index in [0.717, 1.165) is 5.56 Å². The molecule has 0 aliphatic heterocycles. The van der Waals surface area contributed by atoms with Crippen LogP contribution in [-0.4, -0.2) is 7.05 Å². The summed E-state index contributed by atoms with van der Waals surface area (Å²) in [6.45, 7) is 4.26. The van der Waals surface area contributed by atoms with E-state index in [1.165, 1.54) is 16.7 Å². The van der Waals surface area contributed by atoms with Crippen LogP contribution in [0.15, 0.2) is 36.4 Å². The van der Waals surface area contributed by atoms with Crippen LogP contribution in [0.25, 0.3) is 0 Å². The normalized spacial score (nSPS) is 12.5. The molecule has 2 rings (SSSR count). The molecule has 0 spiro atoms. The van der Waals surface area contributed by atoms with Crippen molar-refractivity contribution in [2.45, 2.75) is 19.9 Å². The minimum atomic E-state index is 0.0738. The Bertz CT molecular complexity index is 593. The van der Waals surface area contributed by atoms with Gasteiger partial charge in [0, 0.05) is 10.0 Å². The van der Waals surface area contributed by atoms with E-state index in [-0.39, 0.29) is 6.04 Å². The minimum absolute atomic E-state index is 0.0738. The Balaban J connectivity index is 2.53. The first-order valence-electron chi connectivity index (χ1n) is 6.23. The molecule has 1 nitrogen and oxygen atoms in total. The van der Waals surface area contributed by atoms with Crippen LogP contribution in [-0.2, 0) is 0 Å². The van der Waals surface area contributed by atoms with Gasteiger partial charge in [0.05, 0.1) is 6.04 Å². The highest BCUT2D eigenvalue weighted by Crippen LogP contribution is 2.32. The van der Waals surface area contributed by atoms with Gasteiger partial charge in [0.2, 0.25) is 0 Å². The van der Waals surface area contributed by atoms with Gasteiger partial charge in [-0.15, -0.1) is 0 Å². The van der Waals surface area contributed by atoms with Crippen LogP contribution < -0.4 is 5.32 Å². The molecular formula is C16H17Cl2N. The lowest BCUT2D eigenvalue weighted by molar-refractivity contribution is 0.687. The summed E-state index contributed by atoms with van der Waals surface area (Å²) in [5, 5.41) is 4.68. The molecule has 0 saturated heterocycles. The van der Waals surface area contributed by atoms with Gasteiger partial charge >= 0.3 is 0 Å². The SMILES string of the molecule is CNC(c1ccc(Cl)cc1Cl)c1cccc(C)c1C. The fourth-order valence-electron chi connectivity index (χ4n) is 2.30. The Morgan fingerprint density at radius 2 is 1.74 bits per heavy atom. The number of benzene rings is 2. The van der Waals surface area contributed by atoms with Crippen molar-refractivity contribution >= 4 is 23.2 Å². The molecule has 1 N–H and O–H groups in total. The fourth-order valence-corrected chi connectivity index (χ4v) is 2.82. The van der Waals surface area contributed by atoms with E-state index in [2.05, 4.69) is 37.4 Å². The van der Waals surface area contributed by atoms with Gasteiger partial charge in [0.1, 0.15) is 0 Å². The molecule has 19 heavy (non-hydrogen) atoms. The fraction of sp³-hybridized carbons (Fsp3) is 0.250. The van der Waals surface area contributed by atoms with Crippen LogP contribution in [0.4, 0.5) is 0 Å². The first-order valence-corrected chi connectivity index (χ1v) is 6.98. The summed E-state index contributed by atoms with van der Waals surface area (Å²) in [7, 11) is 1.94. The van der Waals surface area contributed by atoms with E-state index in [4.69, 9.17) is 23.2 Å². The molecule has 0 bridgehead atoms. The predicted octanol–water partition coefficient (Wildman–Crippen LogP) is 4.92. The number of aryl methyl sites for hydroxylation is 1. The Morgan fingerprint density at radius 1 is 1.00 bits per heavy atom. The van der Waals surface area contributed by atoms with Crippen molar-refractivity contribution in [1.29, 1.82) is 0 Å². The maximum absolute atomic E-state index is 6.32. The highest BCUT2D eigenvalue weighted by Gasteiger charge is 2.17. The van der Waals surface area contributed by atoms with Gasteiger partial charge in [0.15, 0.2) is 0 Å². The second-order valence-corrected chi connectivity index (χ2v) is 5.52. The maximum atomic E-state index is 6.32. The molecule has 0 radical (unpaired) electrons. The number of halogens is 2. The molecule has 0 amide bonds. The summed E-state index contributed by atoms with van der Waals surface area (Å²) in [5.74, 6) is 0.